The first kappa shape index (κ1) is 19.7. The summed E-state index contributed by atoms with van der Waals surface area (Å²) in [4.78, 5) is 23.2. The van der Waals surface area contributed by atoms with Crippen LogP contribution in [0.5, 0.6) is 5.75 Å². The first-order chi connectivity index (χ1) is 12.2. The van der Waals surface area contributed by atoms with Crippen LogP contribution in [0.4, 0.5) is 0 Å². The second-order valence-corrected chi connectivity index (χ2v) is 7.26. The highest BCUT2D eigenvalue weighted by atomic mass is 35.5. The lowest BCUT2D eigenvalue weighted by Crippen LogP contribution is -2.29. The lowest BCUT2D eigenvalue weighted by Gasteiger charge is -2.10. The number of hydrogen-bond donors (Lipinski definition) is 3. The predicted molar refractivity (Wildman–Crippen MR) is 95.1 cm³/mol. The van der Waals surface area contributed by atoms with Crippen molar-refractivity contribution in [1.82, 2.24) is 5.32 Å². The van der Waals surface area contributed by atoms with Gasteiger partial charge in [-0.3, -0.25) is 9.59 Å². The van der Waals surface area contributed by atoms with Crippen LogP contribution in [0.1, 0.15) is 15.9 Å². The SMILES string of the molecule is NC(=O)c1cc(Cl)ccc1OCC(=O)NCc1ccc(S(N)(=O)=O)cc1. The molecule has 0 aliphatic rings. The molecule has 0 radical (unpaired) electrons. The quantitative estimate of drug-likeness (QED) is 0.632. The molecule has 5 N–H and O–H groups in total. The number of rotatable bonds is 7. The Kier molecular flexibility index (Phi) is 6.19. The van der Waals surface area contributed by atoms with E-state index in [0.29, 0.717) is 10.6 Å². The van der Waals surface area contributed by atoms with Crippen molar-refractivity contribution in [2.24, 2.45) is 10.9 Å². The average molecular weight is 398 g/mol. The van der Waals surface area contributed by atoms with Gasteiger partial charge in [0.05, 0.1) is 10.5 Å². The fourth-order valence-electron chi connectivity index (χ4n) is 2.01. The summed E-state index contributed by atoms with van der Waals surface area (Å²) in [6.07, 6.45) is 0. The summed E-state index contributed by atoms with van der Waals surface area (Å²) in [5.74, 6) is -1.02. The summed E-state index contributed by atoms with van der Waals surface area (Å²) in [5, 5.41) is 7.93. The molecular formula is C16H16ClN3O5S. The molecule has 10 heteroatoms. The normalized spacial score (nSPS) is 11.0. The fraction of sp³-hybridized carbons (Fsp3) is 0.125. The van der Waals surface area contributed by atoms with E-state index in [-0.39, 0.29) is 29.4 Å². The minimum atomic E-state index is -3.76. The molecule has 26 heavy (non-hydrogen) atoms. The van der Waals surface area contributed by atoms with Gasteiger partial charge in [-0.25, -0.2) is 13.6 Å². The highest BCUT2D eigenvalue weighted by Gasteiger charge is 2.12. The third kappa shape index (κ3) is 5.45. The largest absolute Gasteiger partial charge is 0.483 e. The van der Waals surface area contributed by atoms with E-state index in [9.17, 15) is 18.0 Å². The molecule has 0 aliphatic heterocycles. The number of halogens is 1. The number of nitrogens with two attached hydrogens (primary N) is 2. The number of benzene rings is 2. The monoisotopic (exact) mass is 397 g/mol. The Morgan fingerprint density at radius 2 is 1.77 bits per heavy atom. The summed E-state index contributed by atoms with van der Waals surface area (Å²) >= 11 is 5.79. The molecule has 2 amide bonds. The van der Waals surface area contributed by atoms with Crippen molar-refractivity contribution in [3.63, 3.8) is 0 Å². The summed E-state index contributed by atoms with van der Waals surface area (Å²) in [7, 11) is -3.76. The molecule has 0 fully saturated rings. The molecule has 2 aromatic carbocycles. The zero-order valence-corrected chi connectivity index (χ0v) is 15.0. The molecule has 138 valence electrons. The van der Waals surface area contributed by atoms with Crippen molar-refractivity contribution in [2.45, 2.75) is 11.4 Å². The zero-order chi connectivity index (χ0) is 19.3. The lowest BCUT2D eigenvalue weighted by atomic mass is 10.2. The number of hydrogen-bond acceptors (Lipinski definition) is 5. The van der Waals surface area contributed by atoms with Gasteiger partial charge in [-0.15, -0.1) is 0 Å². The minimum Gasteiger partial charge on any atom is -0.483 e. The van der Waals surface area contributed by atoms with Gasteiger partial charge in [0.2, 0.25) is 10.0 Å². The number of amides is 2. The van der Waals surface area contributed by atoms with E-state index < -0.39 is 21.8 Å². The molecule has 0 atom stereocenters. The van der Waals surface area contributed by atoms with Gasteiger partial charge in [0.25, 0.3) is 11.8 Å². The molecule has 2 rings (SSSR count). The number of carbonyl (C=O) groups excluding carboxylic acids is 2. The third-order valence-corrected chi connectivity index (χ3v) is 4.47. The summed E-state index contributed by atoms with van der Waals surface area (Å²) in [6.45, 7) is -0.173. The van der Waals surface area contributed by atoms with Crippen molar-refractivity contribution < 1.29 is 22.7 Å². The number of primary amides is 1. The molecule has 0 aliphatic carbocycles. The van der Waals surface area contributed by atoms with Crippen LogP contribution in [0.3, 0.4) is 0 Å². The smallest absolute Gasteiger partial charge is 0.258 e. The van der Waals surface area contributed by atoms with E-state index in [1.165, 1.54) is 42.5 Å². The Bertz CT molecular complexity index is 929. The number of sulfonamides is 1. The maximum atomic E-state index is 11.9. The molecule has 0 heterocycles. The maximum absolute atomic E-state index is 11.9. The standard InChI is InChI=1S/C16H16ClN3O5S/c17-11-3-6-14(13(7-11)16(18)22)25-9-15(21)20-8-10-1-4-12(5-2-10)26(19,23)24/h1-7H,8-9H2,(H2,18,22)(H,20,21)(H2,19,23,24). The number of carbonyl (C=O) groups is 2. The average Bonchev–Trinajstić information content (AvgIpc) is 2.58. The number of nitrogens with one attached hydrogen (secondary N) is 1. The molecule has 0 saturated heterocycles. The molecule has 0 saturated carbocycles. The van der Waals surface area contributed by atoms with Crippen LogP contribution in [0.25, 0.3) is 0 Å². The second-order valence-electron chi connectivity index (χ2n) is 5.26. The highest BCUT2D eigenvalue weighted by molar-refractivity contribution is 7.89. The molecular weight excluding hydrogens is 382 g/mol. The predicted octanol–water partition coefficient (Wildman–Crippen LogP) is 0.781. The van der Waals surface area contributed by atoms with Gasteiger partial charge >= 0.3 is 0 Å². The van der Waals surface area contributed by atoms with Gasteiger partial charge in [0.15, 0.2) is 6.61 Å². The van der Waals surface area contributed by atoms with Gasteiger partial charge in [-0.05, 0) is 35.9 Å². The molecule has 0 unspecified atom stereocenters. The third-order valence-electron chi connectivity index (χ3n) is 3.31. The van der Waals surface area contributed by atoms with E-state index >= 15 is 0 Å². The van der Waals surface area contributed by atoms with Gasteiger partial charge in [0.1, 0.15) is 5.75 Å². The topological polar surface area (TPSA) is 142 Å². The summed E-state index contributed by atoms with van der Waals surface area (Å²) in [6, 6.07) is 10.1. The Hall–Kier alpha value is -2.62. The number of primary sulfonamides is 1. The van der Waals surface area contributed by atoms with Gasteiger partial charge in [-0.1, -0.05) is 23.7 Å². The summed E-state index contributed by atoms with van der Waals surface area (Å²) in [5.41, 5.74) is 5.99. The number of ether oxygens (including phenoxy) is 1. The Morgan fingerprint density at radius 3 is 2.35 bits per heavy atom. The van der Waals surface area contributed by atoms with Crippen LogP contribution in [0, 0.1) is 0 Å². The second kappa shape index (κ2) is 8.17. The van der Waals surface area contributed by atoms with Gasteiger partial charge in [-0.2, -0.15) is 0 Å². The minimum absolute atomic E-state index is 0.0161. The van der Waals surface area contributed by atoms with E-state index in [2.05, 4.69) is 5.32 Å². The molecule has 0 aromatic heterocycles. The molecule has 2 aromatic rings. The van der Waals surface area contributed by atoms with Crippen molar-refractivity contribution in [2.75, 3.05) is 6.61 Å². The lowest BCUT2D eigenvalue weighted by molar-refractivity contribution is -0.123. The van der Waals surface area contributed by atoms with Crippen LogP contribution >= 0.6 is 11.6 Å². The van der Waals surface area contributed by atoms with E-state index in [1.54, 1.807) is 0 Å². The van der Waals surface area contributed by atoms with E-state index in [1.807, 2.05) is 0 Å². The Morgan fingerprint density at radius 1 is 1.12 bits per heavy atom. The first-order valence-corrected chi connectivity index (χ1v) is 9.20. The van der Waals surface area contributed by atoms with Crippen LogP contribution in [0.2, 0.25) is 5.02 Å². The van der Waals surface area contributed by atoms with Crippen LogP contribution in [0.15, 0.2) is 47.4 Å². The molecule has 0 bridgehead atoms. The maximum Gasteiger partial charge on any atom is 0.258 e. The molecule has 8 nitrogen and oxygen atoms in total. The van der Waals surface area contributed by atoms with Crippen LogP contribution in [-0.4, -0.2) is 26.8 Å². The first-order valence-electron chi connectivity index (χ1n) is 7.27. The van der Waals surface area contributed by atoms with Crippen molar-refractivity contribution >= 4 is 33.4 Å². The van der Waals surface area contributed by atoms with E-state index in [0.717, 1.165) is 0 Å². The Labute approximate surface area is 155 Å². The Balaban J connectivity index is 1.91. The van der Waals surface area contributed by atoms with Crippen molar-refractivity contribution in [3.05, 3.63) is 58.6 Å². The molecule has 0 spiro atoms. The zero-order valence-electron chi connectivity index (χ0n) is 13.4. The van der Waals surface area contributed by atoms with Crippen molar-refractivity contribution in [3.8, 4) is 5.75 Å². The van der Waals surface area contributed by atoms with Crippen LogP contribution in [-0.2, 0) is 21.4 Å². The fourth-order valence-corrected chi connectivity index (χ4v) is 2.70. The van der Waals surface area contributed by atoms with Gasteiger partial charge < -0.3 is 15.8 Å². The summed E-state index contributed by atoms with van der Waals surface area (Å²) < 4.78 is 27.7. The van der Waals surface area contributed by atoms with E-state index in [4.69, 9.17) is 27.2 Å². The highest BCUT2D eigenvalue weighted by Crippen LogP contribution is 2.22. The van der Waals surface area contributed by atoms with Crippen LogP contribution < -0.4 is 20.9 Å². The van der Waals surface area contributed by atoms with Crippen molar-refractivity contribution in [1.29, 1.82) is 0 Å². The van der Waals surface area contributed by atoms with Gasteiger partial charge in [0, 0.05) is 11.6 Å².